The molecule has 2 fully saturated rings. The summed E-state index contributed by atoms with van der Waals surface area (Å²) in [6.45, 7) is 3.19. The molecule has 0 aliphatic carbocycles. The van der Waals surface area contributed by atoms with Crippen LogP contribution in [0.25, 0.3) is 0 Å². The molecule has 0 bridgehead atoms. The molecule has 1 atom stereocenters. The van der Waals surface area contributed by atoms with Crippen LogP contribution in [0.3, 0.4) is 0 Å². The molecule has 8 heteroatoms. The number of hydrogen-bond acceptors (Lipinski definition) is 5. The summed E-state index contributed by atoms with van der Waals surface area (Å²) in [5.74, 6) is -0.0971. The SMILES string of the molecule is COCCCN1C[C@]2(CCCN(C(=O)c3cnc[nH]c3=O)C2)CCC1=O. The number of aromatic amines is 1. The number of methoxy groups -OCH3 is 1. The second-order valence-electron chi connectivity index (χ2n) is 7.29. The van der Waals surface area contributed by atoms with Gasteiger partial charge in [0.1, 0.15) is 5.56 Å². The molecule has 0 radical (unpaired) electrons. The fraction of sp³-hybridized carbons (Fsp3) is 0.667. The Labute approximate surface area is 152 Å². The molecule has 1 N–H and O–H groups in total. The van der Waals surface area contributed by atoms with Crippen molar-refractivity contribution in [2.45, 2.75) is 32.1 Å². The highest BCUT2D eigenvalue weighted by atomic mass is 16.5. The van der Waals surface area contributed by atoms with E-state index in [4.69, 9.17) is 4.74 Å². The van der Waals surface area contributed by atoms with E-state index in [-0.39, 0.29) is 22.8 Å². The van der Waals surface area contributed by atoms with Gasteiger partial charge in [-0.05, 0) is 25.7 Å². The molecule has 142 valence electrons. The Hall–Kier alpha value is -2.22. The minimum Gasteiger partial charge on any atom is -0.385 e. The molecule has 1 aromatic rings. The van der Waals surface area contributed by atoms with Gasteiger partial charge in [-0.25, -0.2) is 4.98 Å². The van der Waals surface area contributed by atoms with Crippen LogP contribution in [0.2, 0.25) is 0 Å². The van der Waals surface area contributed by atoms with Gasteiger partial charge in [0, 0.05) is 57.9 Å². The topological polar surface area (TPSA) is 95.6 Å². The van der Waals surface area contributed by atoms with Crippen molar-refractivity contribution >= 4 is 11.8 Å². The lowest BCUT2D eigenvalue weighted by Gasteiger charge is -2.48. The third-order valence-corrected chi connectivity index (χ3v) is 5.42. The third-order valence-electron chi connectivity index (χ3n) is 5.42. The highest BCUT2D eigenvalue weighted by Crippen LogP contribution is 2.39. The molecule has 2 saturated heterocycles. The molecule has 2 aliphatic rings. The lowest BCUT2D eigenvalue weighted by atomic mass is 9.73. The van der Waals surface area contributed by atoms with Crippen molar-refractivity contribution in [3.05, 3.63) is 28.4 Å². The van der Waals surface area contributed by atoms with Crippen molar-refractivity contribution in [1.29, 1.82) is 0 Å². The fourth-order valence-corrected chi connectivity index (χ4v) is 4.09. The minimum absolute atomic E-state index is 0.0772. The highest BCUT2D eigenvalue weighted by Gasteiger charge is 2.42. The Bertz CT molecular complexity index is 719. The van der Waals surface area contributed by atoms with Gasteiger partial charge < -0.3 is 19.5 Å². The number of amides is 2. The lowest BCUT2D eigenvalue weighted by molar-refractivity contribution is -0.139. The van der Waals surface area contributed by atoms with Crippen LogP contribution in [0.15, 0.2) is 17.3 Å². The predicted octanol–water partition coefficient (Wildman–Crippen LogP) is 0.651. The van der Waals surface area contributed by atoms with Gasteiger partial charge in [-0.15, -0.1) is 0 Å². The minimum atomic E-state index is -0.412. The van der Waals surface area contributed by atoms with Gasteiger partial charge in [-0.3, -0.25) is 14.4 Å². The van der Waals surface area contributed by atoms with E-state index in [1.165, 1.54) is 12.5 Å². The van der Waals surface area contributed by atoms with Crippen LogP contribution in [0.5, 0.6) is 0 Å². The summed E-state index contributed by atoms with van der Waals surface area (Å²) in [4.78, 5) is 46.9. The number of carbonyl (C=O) groups excluding carboxylic acids is 2. The second kappa shape index (κ2) is 7.99. The molecule has 8 nitrogen and oxygen atoms in total. The van der Waals surface area contributed by atoms with E-state index in [9.17, 15) is 14.4 Å². The molecular formula is C18H26N4O4. The van der Waals surface area contributed by atoms with Gasteiger partial charge in [-0.2, -0.15) is 0 Å². The number of nitrogens with zero attached hydrogens (tertiary/aromatic N) is 3. The first-order valence-electron chi connectivity index (χ1n) is 9.13. The van der Waals surface area contributed by atoms with E-state index < -0.39 is 5.56 Å². The van der Waals surface area contributed by atoms with Crippen LogP contribution in [0.4, 0.5) is 0 Å². The quantitative estimate of drug-likeness (QED) is 0.776. The summed E-state index contributed by atoms with van der Waals surface area (Å²) in [7, 11) is 1.66. The normalized spacial score (nSPS) is 23.5. The van der Waals surface area contributed by atoms with E-state index in [2.05, 4.69) is 9.97 Å². The molecule has 0 aromatic carbocycles. The van der Waals surface area contributed by atoms with Crippen LogP contribution in [-0.2, 0) is 9.53 Å². The summed E-state index contributed by atoms with van der Waals surface area (Å²) in [6.07, 6.45) is 6.60. The first kappa shape index (κ1) is 18.6. The van der Waals surface area contributed by atoms with Gasteiger partial charge in [0.05, 0.1) is 6.33 Å². The Balaban J connectivity index is 1.70. The van der Waals surface area contributed by atoms with Crippen LogP contribution in [0, 0.1) is 5.41 Å². The molecule has 2 aliphatic heterocycles. The molecular weight excluding hydrogens is 336 g/mol. The summed E-state index contributed by atoms with van der Waals surface area (Å²) in [5, 5.41) is 0. The molecule has 2 amide bonds. The molecule has 0 saturated carbocycles. The number of nitrogens with one attached hydrogen (secondary N) is 1. The molecule has 1 aromatic heterocycles. The van der Waals surface area contributed by atoms with E-state index in [0.29, 0.717) is 39.2 Å². The van der Waals surface area contributed by atoms with Crippen LogP contribution >= 0.6 is 0 Å². The number of ether oxygens (including phenoxy) is 1. The molecule has 3 heterocycles. The van der Waals surface area contributed by atoms with Gasteiger partial charge in [0.25, 0.3) is 11.5 Å². The first-order chi connectivity index (χ1) is 12.5. The third kappa shape index (κ3) is 3.95. The zero-order chi connectivity index (χ0) is 18.6. The van der Waals surface area contributed by atoms with Crippen molar-refractivity contribution in [2.75, 3.05) is 39.9 Å². The van der Waals surface area contributed by atoms with Gasteiger partial charge in [0.15, 0.2) is 0 Å². The van der Waals surface area contributed by atoms with E-state index in [0.717, 1.165) is 25.7 Å². The average molecular weight is 362 g/mol. The lowest BCUT2D eigenvalue weighted by Crippen LogP contribution is -2.55. The number of piperidine rings is 2. The maximum Gasteiger partial charge on any atom is 0.263 e. The van der Waals surface area contributed by atoms with E-state index in [1.807, 2.05) is 4.90 Å². The molecule has 1 spiro atoms. The zero-order valence-electron chi connectivity index (χ0n) is 15.2. The molecule has 3 rings (SSSR count). The monoisotopic (exact) mass is 362 g/mol. The number of rotatable bonds is 5. The van der Waals surface area contributed by atoms with Crippen molar-refractivity contribution in [2.24, 2.45) is 5.41 Å². The van der Waals surface area contributed by atoms with Crippen molar-refractivity contribution in [3.8, 4) is 0 Å². The van der Waals surface area contributed by atoms with Gasteiger partial charge in [0.2, 0.25) is 5.91 Å². The Kier molecular flexibility index (Phi) is 5.70. The van der Waals surface area contributed by atoms with Gasteiger partial charge in [-0.1, -0.05) is 0 Å². The van der Waals surface area contributed by atoms with E-state index >= 15 is 0 Å². The smallest absolute Gasteiger partial charge is 0.263 e. The summed E-state index contributed by atoms with van der Waals surface area (Å²) in [5.41, 5.74) is -0.415. The highest BCUT2D eigenvalue weighted by molar-refractivity contribution is 5.93. The van der Waals surface area contributed by atoms with E-state index in [1.54, 1.807) is 12.0 Å². The Morgan fingerprint density at radius 2 is 2.19 bits per heavy atom. The maximum atomic E-state index is 12.8. The Morgan fingerprint density at radius 1 is 1.35 bits per heavy atom. The first-order valence-corrected chi connectivity index (χ1v) is 9.13. The zero-order valence-corrected chi connectivity index (χ0v) is 15.2. The molecule has 26 heavy (non-hydrogen) atoms. The average Bonchev–Trinajstić information content (AvgIpc) is 2.65. The van der Waals surface area contributed by atoms with Gasteiger partial charge >= 0.3 is 0 Å². The number of likely N-dealkylation sites (tertiary alicyclic amines) is 2. The summed E-state index contributed by atoms with van der Waals surface area (Å²) in [6, 6.07) is 0. The van der Waals surface area contributed by atoms with Crippen molar-refractivity contribution < 1.29 is 14.3 Å². The van der Waals surface area contributed by atoms with Crippen molar-refractivity contribution in [3.63, 3.8) is 0 Å². The van der Waals surface area contributed by atoms with Crippen LogP contribution in [0.1, 0.15) is 42.5 Å². The van der Waals surface area contributed by atoms with Crippen LogP contribution in [-0.4, -0.2) is 71.5 Å². The number of aromatic nitrogens is 2. The standard InChI is InChI=1S/C18H26N4O4/c1-26-9-3-8-21-11-18(6-4-15(21)23)5-2-7-22(12-18)17(25)14-10-19-13-20-16(14)24/h10,13H,2-9,11-12H2,1H3,(H,19,20,24)/t18-/m0/s1. The van der Waals surface area contributed by atoms with Crippen LogP contribution < -0.4 is 5.56 Å². The Morgan fingerprint density at radius 3 is 2.96 bits per heavy atom. The molecule has 0 unspecified atom stereocenters. The summed E-state index contributed by atoms with van der Waals surface area (Å²) < 4.78 is 5.08. The number of hydrogen-bond donors (Lipinski definition) is 1. The fourth-order valence-electron chi connectivity index (χ4n) is 4.09. The second-order valence-corrected chi connectivity index (χ2v) is 7.29. The largest absolute Gasteiger partial charge is 0.385 e. The number of carbonyl (C=O) groups is 2. The number of H-pyrrole nitrogens is 1. The maximum absolute atomic E-state index is 12.8. The van der Waals surface area contributed by atoms with Crippen molar-refractivity contribution in [1.82, 2.24) is 19.8 Å². The predicted molar refractivity (Wildman–Crippen MR) is 94.7 cm³/mol. The summed E-state index contributed by atoms with van der Waals surface area (Å²) >= 11 is 0.